The third-order valence-corrected chi connectivity index (χ3v) is 6.87. The lowest BCUT2D eigenvalue weighted by atomic mass is 9.96. The van der Waals surface area contributed by atoms with Gasteiger partial charge in [0.25, 0.3) is 5.56 Å². The Morgan fingerprint density at radius 2 is 1.96 bits per heavy atom. The van der Waals surface area contributed by atoms with E-state index >= 15 is 0 Å². The Kier molecular flexibility index (Phi) is 5.14. The number of hydrogen-bond donors (Lipinski definition) is 0. The van der Waals surface area contributed by atoms with Gasteiger partial charge < -0.3 is 4.74 Å². The van der Waals surface area contributed by atoms with Crippen LogP contribution in [-0.2, 0) is 17.8 Å². The van der Waals surface area contributed by atoms with Crippen molar-refractivity contribution in [3.05, 3.63) is 51.1 Å². The van der Waals surface area contributed by atoms with Gasteiger partial charge in [-0.25, -0.2) is 4.98 Å². The fraction of sp³-hybridized carbons (Fsp3) is 0.429. The monoisotopic (exact) mass is 400 g/mol. The van der Waals surface area contributed by atoms with E-state index in [0.29, 0.717) is 17.8 Å². The Hall–Kier alpha value is -1.63. The number of hydrogen-bond acceptors (Lipinski definition) is 5. The Balaban J connectivity index is 1.96. The number of aromatic nitrogens is 2. The van der Waals surface area contributed by atoms with Crippen LogP contribution in [0.4, 0.5) is 0 Å². The standard InChI is InChI=1S/C21H24N2O2S2/c1-12(2)16-10-15-17(11-25-16)27-19-18(15)20(24)23(14-8-6-5-7-9-14)21(22-19)26-13(3)4/h5-9,12-13,16H,10-11H2,1-4H3/t16-/m0/s1. The third-order valence-electron chi connectivity index (χ3n) is 4.81. The first-order chi connectivity index (χ1) is 13.0. The van der Waals surface area contributed by atoms with Crippen LogP contribution in [0.3, 0.4) is 0 Å². The van der Waals surface area contributed by atoms with Gasteiger partial charge in [0.15, 0.2) is 5.16 Å². The van der Waals surface area contributed by atoms with Gasteiger partial charge in [0.2, 0.25) is 0 Å². The van der Waals surface area contributed by atoms with Crippen molar-refractivity contribution in [1.82, 2.24) is 9.55 Å². The van der Waals surface area contributed by atoms with Crippen molar-refractivity contribution in [1.29, 1.82) is 0 Å². The van der Waals surface area contributed by atoms with E-state index in [9.17, 15) is 4.79 Å². The quantitative estimate of drug-likeness (QED) is 0.454. The van der Waals surface area contributed by atoms with E-state index in [1.165, 1.54) is 0 Å². The molecule has 1 atom stereocenters. The van der Waals surface area contributed by atoms with Crippen LogP contribution in [0.5, 0.6) is 0 Å². The van der Waals surface area contributed by atoms with E-state index < -0.39 is 0 Å². The molecule has 3 heterocycles. The predicted molar refractivity (Wildman–Crippen MR) is 113 cm³/mol. The largest absolute Gasteiger partial charge is 0.372 e. The van der Waals surface area contributed by atoms with Crippen LogP contribution < -0.4 is 5.56 Å². The minimum absolute atomic E-state index is 0.0382. The van der Waals surface area contributed by atoms with E-state index in [1.54, 1.807) is 27.7 Å². The van der Waals surface area contributed by atoms with Gasteiger partial charge in [-0.3, -0.25) is 9.36 Å². The summed E-state index contributed by atoms with van der Waals surface area (Å²) < 4.78 is 7.79. The third kappa shape index (κ3) is 3.46. The van der Waals surface area contributed by atoms with E-state index in [1.807, 2.05) is 30.3 Å². The van der Waals surface area contributed by atoms with Crippen molar-refractivity contribution in [3.8, 4) is 5.69 Å². The molecule has 0 aliphatic carbocycles. The minimum atomic E-state index is 0.0382. The summed E-state index contributed by atoms with van der Waals surface area (Å²) in [6.07, 6.45) is 0.944. The van der Waals surface area contributed by atoms with Crippen molar-refractivity contribution in [2.24, 2.45) is 5.92 Å². The van der Waals surface area contributed by atoms with Gasteiger partial charge in [0.1, 0.15) is 4.83 Å². The average molecular weight is 401 g/mol. The second-order valence-corrected chi connectivity index (χ2v) is 10.1. The maximum absolute atomic E-state index is 13.6. The van der Waals surface area contributed by atoms with Gasteiger partial charge in [0, 0.05) is 16.5 Å². The number of fused-ring (bicyclic) bond motifs is 3. The van der Waals surface area contributed by atoms with Crippen molar-refractivity contribution in [2.45, 2.75) is 57.2 Å². The molecule has 0 saturated heterocycles. The number of para-hydroxylation sites is 1. The summed E-state index contributed by atoms with van der Waals surface area (Å²) in [5.41, 5.74) is 2.05. The molecule has 0 spiro atoms. The molecular weight excluding hydrogens is 376 g/mol. The topological polar surface area (TPSA) is 44.1 Å². The summed E-state index contributed by atoms with van der Waals surface area (Å²) >= 11 is 3.24. The first-order valence-electron chi connectivity index (χ1n) is 9.36. The minimum Gasteiger partial charge on any atom is -0.372 e. The predicted octanol–water partition coefficient (Wildman–Crippen LogP) is 5.05. The summed E-state index contributed by atoms with van der Waals surface area (Å²) in [6.45, 7) is 9.16. The smallest absolute Gasteiger partial charge is 0.267 e. The van der Waals surface area contributed by atoms with Crippen molar-refractivity contribution in [3.63, 3.8) is 0 Å². The van der Waals surface area contributed by atoms with Crippen LogP contribution in [0, 0.1) is 5.92 Å². The summed E-state index contributed by atoms with van der Waals surface area (Å²) in [4.78, 5) is 20.5. The van der Waals surface area contributed by atoms with Crippen molar-refractivity contribution >= 4 is 33.3 Å². The van der Waals surface area contributed by atoms with Gasteiger partial charge in [-0.15, -0.1) is 11.3 Å². The van der Waals surface area contributed by atoms with Crippen molar-refractivity contribution < 1.29 is 4.74 Å². The Labute approximate surface area is 167 Å². The molecule has 0 fully saturated rings. The molecule has 0 radical (unpaired) electrons. The molecule has 0 bridgehead atoms. The molecule has 1 aliphatic rings. The molecule has 2 aromatic heterocycles. The first-order valence-corrected chi connectivity index (χ1v) is 11.1. The SMILES string of the molecule is CC(C)Sc1nc2sc3c(c2c(=O)n1-c1ccccc1)C[C@@H](C(C)C)OC3. The van der Waals surface area contributed by atoms with Gasteiger partial charge in [-0.2, -0.15) is 0 Å². The van der Waals surface area contributed by atoms with Gasteiger partial charge >= 0.3 is 0 Å². The van der Waals surface area contributed by atoms with Crippen LogP contribution >= 0.6 is 23.1 Å². The summed E-state index contributed by atoms with van der Waals surface area (Å²) in [7, 11) is 0. The Bertz CT molecular complexity index is 1020. The Morgan fingerprint density at radius 1 is 1.22 bits per heavy atom. The molecule has 3 aromatic rings. The summed E-state index contributed by atoms with van der Waals surface area (Å²) in [6, 6.07) is 9.83. The lowest BCUT2D eigenvalue weighted by Crippen LogP contribution is -2.28. The number of rotatable bonds is 4. The van der Waals surface area contributed by atoms with Crippen molar-refractivity contribution in [2.75, 3.05) is 0 Å². The highest BCUT2D eigenvalue weighted by atomic mass is 32.2. The van der Waals surface area contributed by atoms with Gasteiger partial charge in [-0.1, -0.05) is 57.7 Å². The van der Waals surface area contributed by atoms with Gasteiger partial charge in [0.05, 0.1) is 23.8 Å². The van der Waals surface area contributed by atoms with Gasteiger partial charge in [-0.05, 0) is 23.6 Å². The lowest BCUT2D eigenvalue weighted by Gasteiger charge is -2.26. The average Bonchev–Trinajstić information content (AvgIpc) is 2.99. The first kappa shape index (κ1) is 18.7. The normalized spacial score (nSPS) is 17.0. The zero-order chi connectivity index (χ0) is 19.1. The molecule has 1 aliphatic heterocycles. The van der Waals surface area contributed by atoms with Crippen LogP contribution in [0.15, 0.2) is 40.3 Å². The molecule has 0 amide bonds. The molecule has 0 unspecified atom stereocenters. The fourth-order valence-electron chi connectivity index (χ4n) is 3.43. The Morgan fingerprint density at radius 3 is 2.63 bits per heavy atom. The molecule has 1 aromatic carbocycles. The molecule has 27 heavy (non-hydrogen) atoms. The number of benzene rings is 1. The lowest BCUT2D eigenvalue weighted by molar-refractivity contribution is 0.00200. The zero-order valence-corrected chi connectivity index (χ0v) is 17.7. The molecule has 4 nitrogen and oxygen atoms in total. The highest BCUT2D eigenvalue weighted by molar-refractivity contribution is 7.99. The maximum atomic E-state index is 13.6. The van der Waals surface area contributed by atoms with Crippen LogP contribution in [0.25, 0.3) is 15.9 Å². The second-order valence-electron chi connectivity index (χ2n) is 7.52. The van der Waals surface area contributed by atoms with E-state index in [-0.39, 0.29) is 11.7 Å². The van der Waals surface area contributed by atoms with E-state index in [0.717, 1.165) is 37.9 Å². The number of ether oxygens (including phenoxy) is 1. The molecule has 0 saturated carbocycles. The second kappa shape index (κ2) is 7.41. The molecule has 4 rings (SSSR count). The molecule has 6 heteroatoms. The zero-order valence-electron chi connectivity index (χ0n) is 16.1. The van der Waals surface area contributed by atoms with Crippen LogP contribution in [-0.4, -0.2) is 20.9 Å². The highest BCUT2D eigenvalue weighted by Gasteiger charge is 2.28. The van der Waals surface area contributed by atoms with Crippen LogP contribution in [0.2, 0.25) is 0 Å². The summed E-state index contributed by atoms with van der Waals surface area (Å²) in [5.74, 6) is 0.424. The number of thiophene rings is 1. The van der Waals surface area contributed by atoms with E-state index in [2.05, 4.69) is 27.7 Å². The number of thioether (sulfide) groups is 1. The molecule has 0 N–H and O–H groups in total. The number of nitrogens with zero attached hydrogens (tertiary/aromatic N) is 2. The maximum Gasteiger partial charge on any atom is 0.267 e. The van der Waals surface area contributed by atoms with Crippen LogP contribution in [0.1, 0.15) is 38.1 Å². The molecular formula is C21H24N2O2S2. The highest BCUT2D eigenvalue weighted by Crippen LogP contribution is 2.36. The van der Waals surface area contributed by atoms with E-state index in [4.69, 9.17) is 9.72 Å². The fourth-order valence-corrected chi connectivity index (χ4v) is 5.46. The summed E-state index contributed by atoms with van der Waals surface area (Å²) in [5, 5.41) is 1.88. The molecule has 142 valence electrons.